The van der Waals surface area contributed by atoms with E-state index in [4.69, 9.17) is 14.2 Å². The van der Waals surface area contributed by atoms with Crippen molar-refractivity contribution in [1.29, 1.82) is 0 Å². The van der Waals surface area contributed by atoms with E-state index >= 15 is 0 Å². The van der Waals surface area contributed by atoms with Gasteiger partial charge in [0, 0.05) is 24.2 Å². The number of carbonyl (C=O) groups is 2. The van der Waals surface area contributed by atoms with Crippen molar-refractivity contribution in [3.8, 4) is 0 Å². The third-order valence-electron chi connectivity index (χ3n) is 5.88. The SMILES string of the molecule is CC1(C)CCC(=O)O[C@@]2(C)C[C@H]3OC(=O)C[C@H]3[C@@H]3O[C@]312. The van der Waals surface area contributed by atoms with E-state index in [2.05, 4.69) is 13.8 Å². The van der Waals surface area contributed by atoms with Crippen LogP contribution in [0.3, 0.4) is 0 Å². The Hall–Kier alpha value is -1.10. The van der Waals surface area contributed by atoms with Crippen LogP contribution >= 0.6 is 0 Å². The highest BCUT2D eigenvalue weighted by Crippen LogP contribution is 2.68. The van der Waals surface area contributed by atoms with Crippen LogP contribution in [0.2, 0.25) is 0 Å². The molecule has 0 aromatic heterocycles. The first-order valence-electron chi connectivity index (χ1n) is 7.38. The number of ether oxygens (including phenoxy) is 3. The minimum Gasteiger partial charge on any atom is -0.462 e. The van der Waals surface area contributed by atoms with Gasteiger partial charge >= 0.3 is 11.9 Å². The van der Waals surface area contributed by atoms with Gasteiger partial charge in [-0.05, 0) is 13.3 Å². The molecule has 20 heavy (non-hydrogen) atoms. The molecule has 5 heteroatoms. The van der Waals surface area contributed by atoms with Crippen molar-refractivity contribution in [2.24, 2.45) is 11.3 Å². The predicted molar refractivity (Wildman–Crippen MR) is 67.7 cm³/mol. The maximum absolute atomic E-state index is 12.0. The van der Waals surface area contributed by atoms with E-state index in [1.54, 1.807) is 0 Å². The van der Waals surface area contributed by atoms with Gasteiger partial charge in [-0.1, -0.05) is 13.8 Å². The summed E-state index contributed by atoms with van der Waals surface area (Å²) >= 11 is 0. The molecule has 4 aliphatic rings. The van der Waals surface area contributed by atoms with Gasteiger partial charge < -0.3 is 14.2 Å². The third kappa shape index (κ3) is 1.27. The molecule has 110 valence electrons. The number of rotatable bonds is 0. The lowest BCUT2D eigenvalue weighted by Crippen LogP contribution is -2.60. The number of hydrogen-bond acceptors (Lipinski definition) is 5. The number of epoxide rings is 1. The fourth-order valence-corrected chi connectivity index (χ4v) is 4.92. The zero-order valence-electron chi connectivity index (χ0n) is 12.1. The van der Waals surface area contributed by atoms with Crippen LogP contribution in [0.5, 0.6) is 0 Å². The Morgan fingerprint density at radius 1 is 1.15 bits per heavy atom. The normalized spacial score (nSPS) is 52.0. The van der Waals surface area contributed by atoms with Crippen LogP contribution in [0.4, 0.5) is 0 Å². The lowest BCUT2D eigenvalue weighted by atomic mass is 9.59. The molecule has 0 N–H and O–H groups in total. The molecule has 0 bridgehead atoms. The fourth-order valence-electron chi connectivity index (χ4n) is 4.92. The van der Waals surface area contributed by atoms with Crippen molar-refractivity contribution in [2.45, 2.75) is 69.9 Å². The first kappa shape index (κ1) is 12.6. The predicted octanol–water partition coefficient (Wildman–Crippen LogP) is 1.58. The molecular formula is C15H20O5. The molecule has 0 amide bonds. The Labute approximate surface area is 117 Å². The smallest absolute Gasteiger partial charge is 0.306 e. The Bertz CT molecular complexity index is 512. The number of esters is 2. The standard InChI is InChI=1S/C15H20O5/c1-13(2)5-4-10(16)19-14(3)7-9-8(6-11(17)18-9)12-15(13,14)20-12/h8-9,12H,4-7H2,1-3H3/t8-,9-,12+,14+,15-/m1/s1. The molecule has 1 saturated carbocycles. The topological polar surface area (TPSA) is 65.1 Å². The zero-order valence-corrected chi connectivity index (χ0v) is 12.1. The summed E-state index contributed by atoms with van der Waals surface area (Å²) in [6.07, 6.45) is 1.96. The van der Waals surface area contributed by atoms with Gasteiger partial charge in [0.2, 0.25) is 0 Å². The van der Waals surface area contributed by atoms with Gasteiger partial charge in [0.05, 0.1) is 12.5 Å². The van der Waals surface area contributed by atoms with Crippen molar-refractivity contribution in [3.63, 3.8) is 0 Å². The second kappa shape index (κ2) is 3.38. The second-order valence-corrected chi connectivity index (χ2v) is 7.46. The summed E-state index contributed by atoms with van der Waals surface area (Å²) in [6.45, 7) is 6.23. The van der Waals surface area contributed by atoms with Crippen molar-refractivity contribution in [3.05, 3.63) is 0 Å². The van der Waals surface area contributed by atoms with E-state index in [9.17, 15) is 9.59 Å². The molecular weight excluding hydrogens is 260 g/mol. The van der Waals surface area contributed by atoms with E-state index in [1.165, 1.54) is 0 Å². The van der Waals surface area contributed by atoms with Gasteiger partial charge in [-0.3, -0.25) is 9.59 Å². The van der Waals surface area contributed by atoms with Crippen molar-refractivity contribution < 1.29 is 23.8 Å². The molecule has 0 unspecified atom stereocenters. The second-order valence-electron chi connectivity index (χ2n) is 7.46. The lowest BCUT2D eigenvalue weighted by molar-refractivity contribution is -0.175. The van der Waals surface area contributed by atoms with Crippen LogP contribution in [0, 0.1) is 11.3 Å². The number of carbonyl (C=O) groups excluding carboxylic acids is 2. The minimum absolute atomic E-state index is 0.0291. The first-order chi connectivity index (χ1) is 9.29. The summed E-state index contributed by atoms with van der Waals surface area (Å²) in [7, 11) is 0. The van der Waals surface area contributed by atoms with Gasteiger partial charge in [0.25, 0.3) is 0 Å². The van der Waals surface area contributed by atoms with E-state index in [0.29, 0.717) is 19.3 Å². The van der Waals surface area contributed by atoms with Crippen LogP contribution in [-0.2, 0) is 23.8 Å². The maximum atomic E-state index is 12.0. The quantitative estimate of drug-likeness (QED) is 0.498. The monoisotopic (exact) mass is 280 g/mol. The van der Waals surface area contributed by atoms with E-state index in [1.807, 2.05) is 6.92 Å². The summed E-state index contributed by atoms with van der Waals surface area (Å²) < 4.78 is 17.3. The summed E-state index contributed by atoms with van der Waals surface area (Å²) in [5.74, 6) is -0.212. The Kier molecular flexibility index (Phi) is 2.13. The highest BCUT2D eigenvalue weighted by atomic mass is 16.7. The molecule has 3 saturated heterocycles. The van der Waals surface area contributed by atoms with Gasteiger partial charge in [0.1, 0.15) is 17.3 Å². The van der Waals surface area contributed by atoms with Gasteiger partial charge in [-0.25, -0.2) is 0 Å². The molecule has 0 aromatic carbocycles. The average molecular weight is 280 g/mol. The summed E-state index contributed by atoms with van der Waals surface area (Å²) in [5, 5.41) is 0. The molecule has 3 heterocycles. The largest absolute Gasteiger partial charge is 0.462 e. The Morgan fingerprint density at radius 2 is 1.90 bits per heavy atom. The van der Waals surface area contributed by atoms with Crippen LogP contribution in [-0.4, -0.2) is 35.3 Å². The van der Waals surface area contributed by atoms with Crippen LogP contribution in [0.1, 0.15) is 46.5 Å². The minimum atomic E-state index is -0.694. The van der Waals surface area contributed by atoms with E-state index in [-0.39, 0.29) is 35.5 Å². The molecule has 0 aromatic rings. The summed E-state index contributed by atoms with van der Waals surface area (Å²) in [5.41, 5.74) is -1.29. The average Bonchev–Trinajstić information content (AvgIpc) is 3.02. The summed E-state index contributed by atoms with van der Waals surface area (Å²) in [6, 6.07) is 0. The number of fused-ring (bicyclic) bond motifs is 2. The molecule has 5 atom stereocenters. The molecule has 3 aliphatic heterocycles. The molecule has 0 radical (unpaired) electrons. The molecule has 4 rings (SSSR count). The molecule has 4 fully saturated rings. The van der Waals surface area contributed by atoms with Crippen LogP contribution in [0.25, 0.3) is 0 Å². The molecule has 5 nitrogen and oxygen atoms in total. The zero-order chi connectivity index (χ0) is 14.3. The highest BCUT2D eigenvalue weighted by molar-refractivity contribution is 5.74. The fraction of sp³-hybridized carbons (Fsp3) is 0.867. The Balaban J connectivity index is 1.80. The third-order valence-corrected chi connectivity index (χ3v) is 5.88. The summed E-state index contributed by atoms with van der Waals surface area (Å²) in [4.78, 5) is 23.6. The van der Waals surface area contributed by atoms with Gasteiger partial charge in [-0.2, -0.15) is 0 Å². The van der Waals surface area contributed by atoms with Crippen molar-refractivity contribution in [2.75, 3.05) is 0 Å². The van der Waals surface area contributed by atoms with Gasteiger partial charge in [0.15, 0.2) is 0 Å². The molecule has 1 aliphatic carbocycles. The first-order valence-corrected chi connectivity index (χ1v) is 7.38. The van der Waals surface area contributed by atoms with Crippen molar-refractivity contribution in [1.82, 2.24) is 0 Å². The van der Waals surface area contributed by atoms with Crippen LogP contribution in [0.15, 0.2) is 0 Å². The van der Waals surface area contributed by atoms with E-state index in [0.717, 1.165) is 6.42 Å². The molecule has 1 spiro atoms. The Morgan fingerprint density at radius 3 is 2.65 bits per heavy atom. The van der Waals surface area contributed by atoms with Gasteiger partial charge in [-0.15, -0.1) is 0 Å². The highest BCUT2D eigenvalue weighted by Gasteiger charge is 2.82. The lowest BCUT2D eigenvalue weighted by Gasteiger charge is -2.46. The maximum Gasteiger partial charge on any atom is 0.306 e. The van der Waals surface area contributed by atoms with Crippen LogP contribution < -0.4 is 0 Å². The van der Waals surface area contributed by atoms with Crippen molar-refractivity contribution >= 4 is 11.9 Å². The number of hydrogen-bond donors (Lipinski definition) is 0. The van der Waals surface area contributed by atoms with E-state index < -0.39 is 11.2 Å².